The number of rotatable bonds is 6. The van der Waals surface area contributed by atoms with Gasteiger partial charge in [0.1, 0.15) is 5.75 Å². The van der Waals surface area contributed by atoms with Gasteiger partial charge >= 0.3 is 0 Å². The lowest BCUT2D eigenvalue weighted by atomic mass is 10.0. The highest BCUT2D eigenvalue weighted by Gasteiger charge is 2.17. The minimum absolute atomic E-state index is 0.0103. The number of ether oxygens (including phenoxy) is 1. The molecule has 0 saturated heterocycles. The van der Waals surface area contributed by atoms with E-state index in [0.29, 0.717) is 6.42 Å². The maximum absolute atomic E-state index is 9.07. The molecule has 0 amide bonds. The molecule has 3 heteroatoms. The first-order valence-corrected chi connectivity index (χ1v) is 7.07. The first-order chi connectivity index (χ1) is 10.3. The molecule has 0 saturated carbocycles. The number of hydrogen-bond donors (Lipinski definition) is 1. The number of nitriles is 1. The van der Waals surface area contributed by atoms with Crippen LogP contribution < -0.4 is 10.1 Å². The smallest absolute Gasteiger partial charge is 0.123 e. The van der Waals surface area contributed by atoms with Crippen molar-refractivity contribution in [1.29, 1.82) is 5.26 Å². The number of hydrogen-bond acceptors (Lipinski definition) is 3. The Balaban J connectivity index is 2.19. The zero-order chi connectivity index (χ0) is 15.1. The molecule has 0 heterocycles. The zero-order valence-electron chi connectivity index (χ0n) is 12.4. The third kappa shape index (κ3) is 3.84. The molecule has 1 unspecified atom stereocenters. The lowest BCUT2D eigenvalue weighted by molar-refractivity contribution is 0.394. The topological polar surface area (TPSA) is 45.0 Å². The predicted molar refractivity (Wildman–Crippen MR) is 84.0 cm³/mol. The van der Waals surface area contributed by atoms with E-state index in [1.54, 1.807) is 7.11 Å². The molecule has 0 aromatic heterocycles. The number of para-hydroxylation sites is 1. The van der Waals surface area contributed by atoms with Crippen molar-refractivity contribution in [3.63, 3.8) is 0 Å². The summed E-state index contributed by atoms with van der Waals surface area (Å²) in [5.41, 5.74) is 2.22. The lowest BCUT2D eigenvalue weighted by Crippen LogP contribution is -2.24. The Bertz CT molecular complexity index is 604. The Labute approximate surface area is 126 Å². The Morgan fingerprint density at radius 3 is 2.43 bits per heavy atom. The fourth-order valence-electron chi connectivity index (χ4n) is 2.47. The van der Waals surface area contributed by atoms with Gasteiger partial charge in [0.25, 0.3) is 0 Å². The molecule has 1 N–H and O–H groups in total. The van der Waals surface area contributed by atoms with E-state index in [4.69, 9.17) is 10.00 Å². The molecule has 2 rings (SSSR count). The summed E-state index contributed by atoms with van der Waals surface area (Å²) in [5.74, 6) is 0.862. The van der Waals surface area contributed by atoms with Crippen LogP contribution in [0.3, 0.4) is 0 Å². The van der Waals surface area contributed by atoms with Gasteiger partial charge in [-0.05, 0) is 18.6 Å². The summed E-state index contributed by atoms with van der Waals surface area (Å²) in [6.45, 7) is 2.09. The summed E-state index contributed by atoms with van der Waals surface area (Å²) in [5, 5.41) is 12.6. The summed E-state index contributed by atoms with van der Waals surface area (Å²) >= 11 is 0. The average Bonchev–Trinajstić information content (AvgIpc) is 2.55. The maximum Gasteiger partial charge on any atom is 0.123 e. The van der Waals surface area contributed by atoms with Gasteiger partial charge in [-0.15, -0.1) is 0 Å². The highest BCUT2D eigenvalue weighted by molar-refractivity contribution is 5.36. The fraction of sp³-hybridized carbons (Fsp3) is 0.278. The van der Waals surface area contributed by atoms with Crippen molar-refractivity contribution in [2.24, 2.45) is 0 Å². The van der Waals surface area contributed by atoms with E-state index in [9.17, 15) is 0 Å². The summed E-state index contributed by atoms with van der Waals surface area (Å²) < 4.78 is 5.41. The zero-order valence-corrected chi connectivity index (χ0v) is 12.4. The summed E-state index contributed by atoms with van der Waals surface area (Å²) in [7, 11) is 1.68. The molecule has 108 valence electrons. The van der Waals surface area contributed by atoms with Crippen LogP contribution in [-0.2, 0) is 0 Å². The first kappa shape index (κ1) is 15.1. The van der Waals surface area contributed by atoms with E-state index in [0.717, 1.165) is 16.9 Å². The standard InChI is InChI=1S/C18H20N2O/c1-14(16-10-6-7-11-18(16)21-2)20-17(12-13-19)15-8-4-3-5-9-15/h3-11,14,17,20H,12H2,1-2H3/t14-,17?/m1/s1. The molecule has 21 heavy (non-hydrogen) atoms. The van der Waals surface area contributed by atoms with Gasteiger partial charge in [-0.3, -0.25) is 0 Å². The number of nitrogens with one attached hydrogen (secondary N) is 1. The molecular weight excluding hydrogens is 260 g/mol. The van der Waals surface area contributed by atoms with Crippen LogP contribution in [0.25, 0.3) is 0 Å². The summed E-state index contributed by atoms with van der Waals surface area (Å²) in [4.78, 5) is 0. The molecule has 0 aliphatic carbocycles. The third-order valence-electron chi connectivity index (χ3n) is 3.55. The second-order valence-corrected chi connectivity index (χ2v) is 4.96. The molecule has 0 bridgehead atoms. The molecule has 0 aliphatic heterocycles. The Morgan fingerprint density at radius 2 is 1.76 bits per heavy atom. The minimum Gasteiger partial charge on any atom is -0.496 e. The van der Waals surface area contributed by atoms with Gasteiger partial charge in [0.2, 0.25) is 0 Å². The number of methoxy groups -OCH3 is 1. The third-order valence-corrected chi connectivity index (χ3v) is 3.55. The van der Waals surface area contributed by atoms with Crippen LogP contribution in [0, 0.1) is 11.3 Å². The van der Waals surface area contributed by atoms with E-state index in [-0.39, 0.29) is 12.1 Å². The quantitative estimate of drug-likeness (QED) is 0.869. The van der Waals surface area contributed by atoms with Gasteiger partial charge < -0.3 is 10.1 Å². The van der Waals surface area contributed by atoms with Gasteiger partial charge in [0, 0.05) is 17.6 Å². The number of benzene rings is 2. The molecule has 0 spiro atoms. The van der Waals surface area contributed by atoms with E-state index < -0.39 is 0 Å². The van der Waals surface area contributed by atoms with Crippen molar-refractivity contribution in [3.8, 4) is 11.8 Å². The summed E-state index contributed by atoms with van der Waals surface area (Å²) in [6, 6.07) is 20.4. The molecule has 2 atom stereocenters. The molecule has 2 aromatic rings. The van der Waals surface area contributed by atoms with E-state index in [1.165, 1.54) is 0 Å². The monoisotopic (exact) mass is 280 g/mol. The normalized spacial score (nSPS) is 13.2. The number of nitrogens with zero attached hydrogens (tertiary/aromatic N) is 1. The SMILES string of the molecule is COc1ccccc1[C@@H](C)NC(CC#N)c1ccccc1. The molecule has 2 aromatic carbocycles. The van der Waals surface area contributed by atoms with Gasteiger partial charge in [0.05, 0.1) is 19.6 Å². The molecule has 0 radical (unpaired) electrons. The highest BCUT2D eigenvalue weighted by atomic mass is 16.5. The lowest BCUT2D eigenvalue weighted by Gasteiger charge is -2.23. The molecular formula is C18H20N2O. The van der Waals surface area contributed by atoms with Crippen LogP contribution in [0.5, 0.6) is 5.75 Å². The highest BCUT2D eigenvalue weighted by Crippen LogP contribution is 2.27. The van der Waals surface area contributed by atoms with E-state index >= 15 is 0 Å². The second-order valence-electron chi connectivity index (χ2n) is 4.96. The van der Waals surface area contributed by atoms with Crippen LogP contribution >= 0.6 is 0 Å². The van der Waals surface area contributed by atoms with E-state index in [1.807, 2.05) is 54.6 Å². The molecule has 0 aliphatic rings. The molecule has 3 nitrogen and oxygen atoms in total. The van der Waals surface area contributed by atoms with Crippen molar-refractivity contribution < 1.29 is 4.74 Å². The van der Waals surface area contributed by atoms with E-state index in [2.05, 4.69) is 18.3 Å². The Hall–Kier alpha value is -2.31. The van der Waals surface area contributed by atoms with Crippen molar-refractivity contribution in [3.05, 3.63) is 65.7 Å². The van der Waals surface area contributed by atoms with Crippen LogP contribution in [-0.4, -0.2) is 7.11 Å². The van der Waals surface area contributed by atoms with Crippen LogP contribution in [0.1, 0.15) is 36.6 Å². The summed E-state index contributed by atoms with van der Waals surface area (Å²) in [6.07, 6.45) is 0.434. The van der Waals surface area contributed by atoms with Crippen LogP contribution in [0.2, 0.25) is 0 Å². The molecule has 0 fully saturated rings. The first-order valence-electron chi connectivity index (χ1n) is 7.07. The van der Waals surface area contributed by atoms with Gasteiger partial charge in [-0.25, -0.2) is 0 Å². The van der Waals surface area contributed by atoms with Crippen molar-refractivity contribution in [1.82, 2.24) is 5.32 Å². The Morgan fingerprint density at radius 1 is 1.10 bits per heavy atom. The van der Waals surface area contributed by atoms with Crippen LogP contribution in [0.4, 0.5) is 0 Å². The van der Waals surface area contributed by atoms with Gasteiger partial charge in [-0.1, -0.05) is 48.5 Å². The van der Waals surface area contributed by atoms with Crippen molar-refractivity contribution >= 4 is 0 Å². The minimum atomic E-state index is 0.0103. The van der Waals surface area contributed by atoms with Gasteiger partial charge in [-0.2, -0.15) is 5.26 Å². The van der Waals surface area contributed by atoms with Crippen molar-refractivity contribution in [2.75, 3.05) is 7.11 Å². The maximum atomic E-state index is 9.07. The fourth-order valence-corrected chi connectivity index (χ4v) is 2.47. The average molecular weight is 280 g/mol. The van der Waals surface area contributed by atoms with Gasteiger partial charge in [0.15, 0.2) is 0 Å². The Kier molecular flexibility index (Phi) is 5.36. The largest absolute Gasteiger partial charge is 0.496 e. The second kappa shape index (κ2) is 7.47. The van der Waals surface area contributed by atoms with Crippen LogP contribution in [0.15, 0.2) is 54.6 Å². The van der Waals surface area contributed by atoms with Crippen molar-refractivity contribution in [2.45, 2.75) is 25.4 Å². The predicted octanol–water partition coefficient (Wildman–Crippen LogP) is 4.00.